The molecule has 0 bridgehead atoms. The molecule has 0 saturated heterocycles. The van der Waals surface area contributed by atoms with Crippen molar-refractivity contribution in [1.29, 1.82) is 0 Å². The van der Waals surface area contributed by atoms with Crippen molar-refractivity contribution >= 4 is 29.6 Å². The molecule has 0 saturated carbocycles. The minimum Gasteiger partial charge on any atom is -0.357 e. The average Bonchev–Trinajstić information content (AvgIpc) is 3.31. The number of aryl methyl sites for hydroxylation is 1. The molecule has 4 rings (SSSR count). The standard InChI is InChI=1S/C29H23ClF2N2O3/c1-16-6-8-18(9-7-16)28(36)27-26(25-17(2)22(31)10-11-23(25)32)21(15-33-27)29(37)34-24(12-13-35)19-4-3-5-20(30)14-19/h3-11,13-15,24,33H,12H2,1-2H3,(H,34,37). The van der Waals surface area contributed by atoms with Crippen LogP contribution in [0.25, 0.3) is 11.1 Å². The molecule has 3 aromatic carbocycles. The number of aromatic amines is 1. The second-order valence-electron chi connectivity index (χ2n) is 8.66. The SMILES string of the molecule is Cc1ccc(C(=O)c2[nH]cc(C(=O)NC(CC=O)c3cccc(Cl)c3)c2-c2c(F)ccc(F)c2C)cc1. The van der Waals surface area contributed by atoms with E-state index in [1.165, 1.54) is 13.1 Å². The molecule has 1 atom stereocenters. The van der Waals surface area contributed by atoms with Crippen LogP contribution in [0.5, 0.6) is 0 Å². The molecule has 0 aliphatic heterocycles. The highest BCUT2D eigenvalue weighted by molar-refractivity contribution is 6.30. The van der Waals surface area contributed by atoms with Gasteiger partial charge in [0, 0.05) is 34.3 Å². The fraction of sp³-hybridized carbons (Fsp3) is 0.138. The Morgan fingerprint density at radius 2 is 1.70 bits per heavy atom. The first kappa shape index (κ1) is 26.0. The Morgan fingerprint density at radius 1 is 1.00 bits per heavy atom. The molecule has 8 heteroatoms. The molecule has 0 aliphatic carbocycles. The minimum absolute atomic E-state index is 0.0473. The first-order chi connectivity index (χ1) is 17.7. The number of carbonyl (C=O) groups excluding carboxylic acids is 3. The Labute approximate surface area is 217 Å². The van der Waals surface area contributed by atoms with Gasteiger partial charge in [-0.2, -0.15) is 0 Å². The zero-order valence-corrected chi connectivity index (χ0v) is 20.8. The molecule has 2 N–H and O–H groups in total. The summed E-state index contributed by atoms with van der Waals surface area (Å²) in [5.41, 5.74) is 1.41. The van der Waals surface area contributed by atoms with E-state index < -0.39 is 29.4 Å². The van der Waals surface area contributed by atoms with Gasteiger partial charge in [-0.1, -0.05) is 53.6 Å². The number of aromatic nitrogens is 1. The highest BCUT2D eigenvalue weighted by Gasteiger charge is 2.29. The van der Waals surface area contributed by atoms with Crippen molar-refractivity contribution in [2.75, 3.05) is 0 Å². The third-order valence-corrected chi connectivity index (χ3v) is 6.39. The summed E-state index contributed by atoms with van der Waals surface area (Å²) < 4.78 is 29.7. The van der Waals surface area contributed by atoms with Crippen LogP contribution in [0.4, 0.5) is 8.78 Å². The van der Waals surface area contributed by atoms with E-state index in [1.54, 1.807) is 48.5 Å². The maximum absolute atomic E-state index is 15.1. The second kappa shape index (κ2) is 10.9. The van der Waals surface area contributed by atoms with Crippen LogP contribution in [0.2, 0.25) is 5.02 Å². The lowest BCUT2D eigenvalue weighted by Crippen LogP contribution is -2.29. The maximum atomic E-state index is 15.1. The van der Waals surface area contributed by atoms with Gasteiger partial charge in [-0.3, -0.25) is 9.59 Å². The van der Waals surface area contributed by atoms with Crippen LogP contribution < -0.4 is 5.32 Å². The van der Waals surface area contributed by atoms with Gasteiger partial charge in [0.15, 0.2) is 0 Å². The molecule has 188 valence electrons. The Morgan fingerprint density at radius 3 is 2.38 bits per heavy atom. The van der Waals surface area contributed by atoms with Gasteiger partial charge in [0.1, 0.15) is 17.9 Å². The average molecular weight is 521 g/mol. The molecule has 0 radical (unpaired) electrons. The van der Waals surface area contributed by atoms with E-state index in [-0.39, 0.29) is 34.4 Å². The van der Waals surface area contributed by atoms with Crippen LogP contribution >= 0.6 is 11.6 Å². The van der Waals surface area contributed by atoms with E-state index in [4.69, 9.17) is 11.6 Å². The number of hydrogen-bond acceptors (Lipinski definition) is 3. The number of hydrogen-bond donors (Lipinski definition) is 2. The number of H-pyrrole nitrogens is 1. The lowest BCUT2D eigenvalue weighted by Gasteiger charge is -2.18. The molecular weight excluding hydrogens is 498 g/mol. The molecule has 4 aromatic rings. The summed E-state index contributed by atoms with van der Waals surface area (Å²) in [6, 6.07) is 14.6. The molecule has 0 fully saturated rings. The molecule has 1 aromatic heterocycles. The molecule has 37 heavy (non-hydrogen) atoms. The summed E-state index contributed by atoms with van der Waals surface area (Å²) in [5.74, 6) is -2.64. The van der Waals surface area contributed by atoms with Gasteiger partial charge in [-0.25, -0.2) is 8.78 Å². The largest absolute Gasteiger partial charge is 0.357 e. The van der Waals surface area contributed by atoms with Gasteiger partial charge >= 0.3 is 0 Å². The van der Waals surface area contributed by atoms with Crippen LogP contribution in [-0.4, -0.2) is 23.0 Å². The molecule has 1 heterocycles. The number of aldehydes is 1. The van der Waals surface area contributed by atoms with Crippen molar-refractivity contribution in [2.24, 2.45) is 0 Å². The van der Waals surface area contributed by atoms with Crippen molar-refractivity contribution in [3.8, 4) is 11.1 Å². The van der Waals surface area contributed by atoms with Gasteiger partial charge < -0.3 is 15.1 Å². The minimum atomic E-state index is -0.787. The Bertz CT molecular complexity index is 1500. The van der Waals surface area contributed by atoms with Gasteiger partial charge in [-0.15, -0.1) is 0 Å². The summed E-state index contributed by atoms with van der Waals surface area (Å²) >= 11 is 6.08. The second-order valence-corrected chi connectivity index (χ2v) is 9.10. The summed E-state index contributed by atoms with van der Waals surface area (Å²) in [6.07, 6.45) is 1.90. The summed E-state index contributed by atoms with van der Waals surface area (Å²) in [4.78, 5) is 41.1. The summed E-state index contributed by atoms with van der Waals surface area (Å²) in [7, 11) is 0. The van der Waals surface area contributed by atoms with Gasteiger partial charge in [0.2, 0.25) is 5.78 Å². The Hall–Kier alpha value is -4.10. The quantitative estimate of drug-likeness (QED) is 0.205. The van der Waals surface area contributed by atoms with Gasteiger partial charge in [0.05, 0.1) is 17.3 Å². The first-order valence-corrected chi connectivity index (χ1v) is 11.9. The van der Waals surface area contributed by atoms with Crippen molar-refractivity contribution < 1.29 is 23.2 Å². The molecule has 0 aliphatic rings. The van der Waals surface area contributed by atoms with E-state index in [9.17, 15) is 18.8 Å². The zero-order valence-electron chi connectivity index (χ0n) is 20.1. The molecule has 5 nitrogen and oxygen atoms in total. The van der Waals surface area contributed by atoms with Gasteiger partial charge in [-0.05, 0) is 49.2 Å². The number of rotatable bonds is 8. The van der Waals surface area contributed by atoms with Crippen molar-refractivity contribution in [3.63, 3.8) is 0 Å². The lowest BCUT2D eigenvalue weighted by molar-refractivity contribution is -0.108. The van der Waals surface area contributed by atoms with Crippen LogP contribution in [0, 0.1) is 25.5 Å². The van der Waals surface area contributed by atoms with E-state index >= 15 is 4.39 Å². The van der Waals surface area contributed by atoms with E-state index in [1.807, 2.05) is 6.92 Å². The smallest absolute Gasteiger partial charge is 0.253 e. The van der Waals surface area contributed by atoms with Crippen LogP contribution in [0.3, 0.4) is 0 Å². The zero-order chi connectivity index (χ0) is 26.7. The third-order valence-electron chi connectivity index (χ3n) is 6.15. The highest BCUT2D eigenvalue weighted by atomic mass is 35.5. The van der Waals surface area contributed by atoms with E-state index in [2.05, 4.69) is 10.3 Å². The van der Waals surface area contributed by atoms with E-state index in [0.29, 0.717) is 22.4 Å². The molecule has 0 spiro atoms. The topological polar surface area (TPSA) is 79.0 Å². The van der Waals surface area contributed by atoms with Crippen molar-refractivity contribution in [3.05, 3.63) is 117 Å². The number of carbonyl (C=O) groups is 3. The van der Waals surface area contributed by atoms with E-state index in [0.717, 1.165) is 17.7 Å². The monoisotopic (exact) mass is 520 g/mol. The molecule has 1 amide bonds. The Kier molecular flexibility index (Phi) is 7.64. The lowest BCUT2D eigenvalue weighted by atomic mass is 9.92. The number of halogens is 3. The van der Waals surface area contributed by atoms with Crippen LogP contribution in [-0.2, 0) is 4.79 Å². The van der Waals surface area contributed by atoms with Crippen molar-refractivity contribution in [2.45, 2.75) is 26.3 Å². The molecular formula is C29H23ClF2N2O3. The van der Waals surface area contributed by atoms with Gasteiger partial charge in [0.25, 0.3) is 5.91 Å². The Balaban J connectivity index is 1.84. The predicted octanol–water partition coefficient (Wildman–Crippen LogP) is 6.52. The fourth-order valence-electron chi connectivity index (χ4n) is 4.18. The third kappa shape index (κ3) is 5.37. The summed E-state index contributed by atoms with van der Waals surface area (Å²) in [6.45, 7) is 3.25. The fourth-order valence-corrected chi connectivity index (χ4v) is 4.38. The number of nitrogens with one attached hydrogen (secondary N) is 2. The maximum Gasteiger partial charge on any atom is 0.253 e. The number of amides is 1. The first-order valence-electron chi connectivity index (χ1n) is 11.5. The van der Waals surface area contributed by atoms with Crippen LogP contribution in [0.15, 0.2) is 66.9 Å². The number of benzene rings is 3. The predicted molar refractivity (Wildman–Crippen MR) is 138 cm³/mol. The van der Waals surface area contributed by atoms with Crippen LogP contribution in [0.1, 0.15) is 55.6 Å². The normalized spacial score (nSPS) is 11.7. The number of ketones is 1. The van der Waals surface area contributed by atoms with Crippen molar-refractivity contribution in [1.82, 2.24) is 10.3 Å². The summed E-state index contributed by atoms with van der Waals surface area (Å²) in [5, 5.41) is 3.19. The molecule has 1 unspecified atom stereocenters. The highest BCUT2D eigenvalue weighted by Crippen LogP contribution is 2.35.